The Kier molecular flexibility index (Phi) is 6.49. The van der Waals surface area contributed by atoms with Gasteiger partial charge in [-0.25, -0.2) is 4.98 Å². The fourth-order valence-electron chi connectivity index (χ4n) is 7.40. The van der Waals surface area contributed by atoms with E-state index in [0.717, 1.165) is 45.2 Å². The van der Waals surface area contributed by atoms with Crippen molar-refractivity contribution in [2.75, 3.05) is 0 Å². The molecule has 0 atom stereocenters. The molecule has 1 aliphatic heterocycles. The summed E-state index contributed by atoms with van der Waals surface area (Å²) in [4.78, 5) is 5.09. The zero-order chi connectivity index (χ0) is 33.0. The largest absolute Gasteiger partial charge is 0.456 e. The summed E-state index contributed by atoms with van der Waals surface area (Å²) in [6.07, 6.45) is 0. The molecule has 0 spiro atoms. The first-order valence-electron chi connectivity index (χ1n) is 17.0. The molecule has 9 aromatic rings. The zero-order valence-electron chi connectivity index (χ0n) is 27.1. The van der Waals surface area contributed by atoms with Gasteiger partial charge in [-0.1, -0.05) is 146 Å². The van der Waals surface area contributed by atoms with Crippen LogP contribution >= 0.6 is 0 Å². The smallest absolute Gasteiger partial charge is 0.145 e. The molecule has 1 aliphatic rings. The first kappa shape index (κ1) is 28.3. The van der Waals surface area contributed by atoms with Gasteiger partial charge in [0.25, 0.3) is 0 Å². The molecule has 0 N–H and O–H groups in total. The van der Waals surface area contributed by atoms with Crippen LogP contribution in [0.5, 0.6) is 11.5 Å². The van der Waals surface area contributed by atoms with E-state index in [1.165, 1.54) is 49.7 Å². The summed E-state index contributed by atoms with van der Waals surface area (Å²) >= 11 is 0. The minimum Gasteiger partial charge on any atom is -0.456 e. The predicted molar refractivity (Wildman–Crippen MR) is 206 cm³/mol. The average Bonchev–Trinajstić information content (AvgIpc) is 3.58. The monoisotopic (exact) mass is 638 g/mol. The minimum absolute atomic E-state index is 0.908. The predicted octanol–water partition coefficient (Wildman–Crippen LogP) is 12.6. The Morgan fingerprint density at radius 2 is 0.980 bits per heavy atom. The zero-order valence-corrected chi connectivity index (χ0v) is 27.1. The lowest BCUT2D eigenvalue weighted by Crippen LogP contribution is -1.98. The van der Waals surface area contributed by atoms with Crippen molar-refractivity contribution in [1.82, 2.24) is 9.55 Å². The third-order valence-electron chi connectivity index (χ3n) is 9.87. The van der Waals surface area contributed by atoms with Crippen molar-refractivity contribution in [1.29, 1.82) is 0 Å². The van der Waals surface area contributed by atoms with E-state index in [4.69, 9.17) is 9.72 Å². The van der Waals surface area contributed by atoms with Gasteiger partial charge in [-0.3, -0.25) is 4.57 Å². The van der Waals surface area contributed by atoms with Gasteiger partial charge in [0, 0.05) is 22.2 Å². The highest BCUT2D eigenvalue weighted by atomic mass is 16.5. The first-order valence-corrected chi connectivity index (χ1v) is 17.0. The molecule has 1 aromatic heterocycles. The SMILES string of the molecule is c1ccc(-c2ccc(-c3nc4ccccc4n3-c3ccc(-c4ccc(-c5ccc6c7c(cccc57)-c5ccccc5O6)cc4)cc3)cc2)cc1. The molecule has 0 bridgehead atoms. The molecule has 2 heterocycles. The Morgan fingerprint density at radius 3 is 1.76 bits per heavy atom. The molecule has 0 radical (unpaired) electrons. The summed E-state index contributed by atoms with van der Waals surface area (Å²) in [5, 5.41) is 2.37. The topological polar surface area (TPSA) is 27.1 Å². The second kappa shape index (κ2) is 11.5. The van der Waals surface area contributed by atoms with Crippen molar-refractivity contribution < 1.29 is 4.74 Å². The molecule has 0 saturated carbocycles. The number of hydrogen-bond donors (Lipinski definition) is 0. The molecule has 8 aromatic carbocycles. The van der Waals surface area contributed by atoms with Crippen LogP contribution in [0.4, 0.5) is 0 Å². The molecule has 0 unspecified atom stereocenters. The maximum Gasteiger partial charge on any atom is 0.145 e. The van der Waals surface area contributed by atoms with Gasteiger partial charge in [0.1, 0.15) is 17.3 Å². The van der Waals surface area contributed by atoms with E-state index >= 15 is 0 Å². The highest BCUT2D eigenvalue weighted by Crippen LogP contribution is 2.48. The van der Waals surface area contributed by atoms with Gasteiger partial charge in [-0.15, -0.1) is 0 Å². The van der Waals surface area contributed by atoms with Gasteiger partial charge in [0.15, 0.2) is 0 Å². The van der Waals surface area contributed by atoms with Crippen LogP contribution in [0.15, 0.2) is 182 Å². The fourth-order valence-corrected chi connectivity index (χ4v) is 7.40. The Labute approximate surface area is 290 Å². The summed E-state index contributed by atoms with van der Waals surface area (Å²) in [5.41, 5.74) is 13.7. The Balaban J connectivity index is 0.981. The number of imidazole rings is 1. The Morgan fingerprint density at radius 1 is 0.380 bits per heavy atom. The number of rotatable bonds is 5. The molecule has 0 amide bonds. The van der Waals surface area contributed by atoms with E-state index in [2.05, 4.69) is 162 Å². The molecule has 0 aliphatic carbocycles. The summed E-state index contributed by atoms with van der Waals surface area (Å²) in [7, 11) is 0. The fraction of sp³-hybridized carbons (Fsp3) is 0. The van der Waals surface area contributed by atoms with Crippen LogP contribution in [0.3, 0.4) is 0 Å². The number of hydrogen-bond acceptors (Lipinski definition) is 2. The van der Waals surface area contributed by atoms with Crippen LogP contribution in [-0.4, -0.2) is 9.55 Å². The van der Waals surface area contributed by atoms with E-state index in [1.807, 2.05) is 24.3 Å². The maximum absolute atomic E-state index is 6.33. The highest BCUT2D eigenvalue weighted by Gasteiger charge is 2.21. The number of fused-ring (bicyclic) bond motifs is 3. The van der Waals surface area contributed by atoms with Crippen LogP contribution in [0, 0.1) is 0 Å². The van der Waals surface area contributed by atoms with Crippen molar-refractivity contribution in [3.63, 3.8) is 0 Å². The molecule has 0 fully saturated rings. The van der Waals surface area contributed by atoms with Gasteiger partial charge in [-0.2, -0.15) is 0 Å². The summed E-state index contributed by atoms with van der Waals surface area (Å²) in [5.74, 6) is 2.75. The van der Waals surface area contributed by atoms with E-state index in [0.29, 0.717) is 0 Å². The van der Waals surface area contributed by atoms with Crippen molar-refractivity contribution >= 4 is 21.8 Å². The maximum atomic E-state index is 6.33. The van der Waals surface area contributed by atoms with Crippen molar-refractivity contribution in [2.24, 2.45) is 0 Å². The van der Waals surface area contributed by atoms with E-state index in [1.54, 1.807) is 0 Å². The number of para-hydroxylation sites is 3. The third-order valence-corrected chi connectivity index (χ3v) is 9.87. The van der Waals surface area contributed by atoms with E-state index in [9.17, 15) is 0 Å². The molecule has 50 heavy (non-hydrogen) atoms. The number of nitrogens with zero attached hydrogens (tertiary/aromatic N) is 2. The lowest BCUT2D eigenvalue weighted by Gasteiger charge is -2.22. The van der Waals surface area contributed by atoms with Crippen LogP contribution < -0.4 is 4.74 Å². The highest BCUT2D eigenvalue weighted by molar-refractivity contribution is 6.09. The number of aromatic nitrogens is 2. The Hall–Kier alpha value is -6.71. The van der Waals surface area contributed by atoms with Crippen molar-refractivity contribution in [2.45, 2.75) is 0 Å². The lowest BCUT2D eigenvalue weighted by atomic mass is 9.90. The Bertz CT molecular complexity index is 2690. The normalized spacial score (nSPS) is 11.8. The molecule has 3 nitrogen and oxygen atoms in total. The molecule has 0 saturated heterocycles. The van der Waals surface area contributed by atoms with E-state index < -0.39 is 0 Å². The molecule has 234 valence electrons. The van der Waals surface area contributed by atoms with Crippen molar-refractivity contribution in [3.8, 4) is 73.1 Å². The quantitative estimate of drug-likeness (QED) is 0.188. The van der Waals surface area contributed by atoms with Gasteiger partial charge in [0.05, 0.1) is 11.0 Å². The van der Waals surface area contributed by atoms with Crippen LogP contribution in [0.1, 0.15) is 0 Å². The summed E-state index contributed by atoms with van der Waals surface area (Å²) < 4.78 is 8.59. The molecule has 3 heteroatoms. The first-order chi connectivity index (χ1) is 24.8. The van der Waals surface area contributed by atoms with Gasteiger partial charge >= 0.3 is 0 Å². The summed E-state index contributed by atoms with van der Waals surface area (Å²) in [6, 6.07) is 64.3. The average molecular weight is 639 g/mol. The molecule has 10 rings (SSSR count). The van der Waals surface area contributed by atoms with Crippen LogP contribution in [-0.2, 0) is 0 Å². The van der Waals surface area contributed by atoms with Gasteiger partial charge < -0.3 is 4.74 Å². The van der Waals surface area contributed by atoms with Crippen LogP contribution in [0.25, 0.3) is 83.4 Å². The standard InChI is InChI=1S/C47H30N2O/c1-2-9-31(10-3-1)32-19-23-36(24-20-32)47-48-42-14-5-6-15-43(42)49(47)37-27-25-34(26-28-37)33-17-21-35(22-18-33)38-29-30-45-46-40(38)12-8-13-41(46)39-11-4-7-16-44(39)50-45/h1-30H. The lowest BCUT2D eigenvalue weighted by molar-refractivity contribution is 0.487. The molecular weight excluding hydrogens is 609 g/mol. The van der Waals surface area contributed by atoms with E-state index in [-0.39, 0.29) is 0 Å². The van der Waals surface area contributed by atoms with Gasteiger partial charge in [0.2, 0.25) is 0 Å². The third kappa shape index (κ3) is 4.63. The van der Waals surface area contributed by atoms with Gasteiger partial charge in [-0.05, 0) is 80.7 Å². The number of benzene rings is 8. The molecular formula is C47H30N2O. The minimum atomic E-state index is 0.908. The number of ether oxygens (including phenoxy) is 1. The summed E-state index contributed by atoms with van der Waals surface area (Å²) in [6.45, 7) is 0. The second-order valence-corrected chi connectivity index (χ2v) is 12.8. The van der Waals surface area contributed by atoms with Crippen LogP contribution in [0.2, 0.25) is 0 Å². The second-order valence-electron chi connectivity index (χ2n) is 12.8. The van der Waals surface area contributed by atoms with Crippen molar-refractivity contribution in [3.05, 3.63) is 182 Å².